The molecule has 4 amide bonds. The van der Waals surface area contributed by atoms with Gasteiger partial charge in [0.15, 0.2) is 0 Å². The Morgan fingerprint density at radius 2 is 1.91 bits per heavy atom. The number of aryl methyl sites for hydroxylation is 1. The predicted molar refractivity (Wildman–Crippen MR) is 126 cm³/mol. The number of imide groups is 1. The summed E-state index contributed by atoms with van der Waals surface area (Å²) in [6, 6.07) is 17.7. The molecule has 8 heteroatoms. The summed E-state index contributed by atoms with van der Waals surface area (Å²) in [5, 5.41) is 7.66. The van der Waals surface area contributed by atoms with E-state index in [1.807, 2.05) is 48.7 Å². The highest BCUT2D eigenvalue weighted by Crippen LogP contribution is 2.31. The van der Waals surface area contributed by atoms with Gasteiger partial charge in [0.2, 0.25) is 5.91 Å². The Kier molecular flexibility index (Phi) is 6.20. The van der Waals surface area contributed by atoms with Gasteiger partial charge in [0, 0.05) is 4.88 Å². The Morgan fingerprint density at radius 1 is 1.15 bits per heavy atom. The topological polar surface area (TPSA) is 87.7 Å². The van der Waals surface area contributed by atoms with Crippen molar-refractivity contribution in [2.45, 2.75) is 25.4 Å². The average Bonchev–Trinajstić information content (AvgIpc) is 3.42. The van der Waals surface area contributed by atoms with Crippen LogP contribution in [0.3, 0.4) is 0 Å². The number of hydrogen-bond acceptors (Lipinski definition) is 5. The second-order valence-corrected chi connectivity index (χ2v) is 9.08. The Morgan fingerprint density at radius 3 is 2.58 bits per heavy atom. The zero-order valence-corrected chi connectivity index (χ0v) is 19.4. The number of nitrogens with one attached hydrogen (secondary N) is 2. The van der Waals surface area contributed by atoms with E-state index in [1.54, 1.807) is 31.2 Å². The van der Waals surface area contributed by atoms with Crippen LogP contribution in [-0.4, -0.2) is 36.4 Å². The van der Waals surface area contributed by atoms with Crippen LogP contribution in [0.4, 0.5) is 4.79 Å². The lowest BCUT2D eigenvalue weighted by Crippen LogP contribution is -2.44. The molecule has 2 N–H and O–H groups in total. The van der Waals surface area contributed by atoms with Crippen molar-refractivity contribution < 1.29 is 19.1 Å². The molecule has 0 bridgehead atoms. The fourth-order valence-electron chi connectivity index (χ4n) is 3.85. The fraction of sp³-hybridized carbons (Fsp3) is 0.240. The van der Waals surface area contributed by atoms with Crippen LogP contribution in [0.25, 0.3) is 0 Å². The first kappa shape index (κ1) is 22.5. The summed E-state index contributed by atoms with van der Waals surface area (Å²) in [7, 11) is 1.53. The van der Waals surface area contributed by atoms with E-state index in [9.17, 15) is 14.4 Å². The molecule has 3 aromatic rings. The minimum absolute atomic E-state index is 0.372. The number of rotatable bonds is 7. The van der Waals surface area contributed by atoms with Gasteiger partial charge in [0.05, 0.1) is 13.2 Å². The molecule has 1 fully saturated rings. The highest BCUT2D eigenvalue weighted by Gasteiger charge is 2.49. The summed E-state index contributed by atoms with van der Waals surface area (Å²) < 4.78 is 5.24. The van der Waals surface area contributed by atoms with E-state index in [0.29, 0.717) is 11.3 Å². The van der Waals surface area contributed by atoms with Crippen LogP contribution in [0, 0.1) is 6.92 Å². The number of ether oxygens (including phenoxy) is 1. The van der Waals surface area contributed by atoms with Gasteiger partial charge in [0.1, 0.15) is 17.8 Å². The second kappa shape index (κ2) is 9.07. The molecule has 0 saturated carbocycles. The normalized spacial score (nSPS) is 18.7. The quantitative estimate of drug-likeness (QED) is 0.523. The molecule has 1 aliphatic rings. The van der Waals surface area contributed by atoms with Crippen molar-refractivity contribution in [3.05, 3.63) is 87.6 Å². The Labute approximate surface area is 196 Å². The Hall–Kier alpha value is -3.65. The summed E-state index contributed by atoms with van der Waals surface area (Å²) in [5.41, 5.74) is 1.34. The summed E-state index contributed by atoms with van der Waals surface area (Å²) in [6.07, 6.45) is 0. The van der Waals surface area contributed by atoms with E-state index in [4.69, 9.17) is 4.74 Å². The van der Waals surface area contributed by atoms with Crippen LogP contribution >= 0.6 is 11.3 Å². The SMILES string of the molecule is COc1cccc([C@@]2(C)NC(=O)N(CC(=O)N[C@@H](c3ccc(C)cc3)c3cccs3)C2=O)c1. The first-order chi connectivity index (χ1) is 15.8. The van der Waals surface area contributed by atoms with Crippen LogP contribution in [0.1, 0.15) is 34.5 Å². The van der Waals surface area contributed by atoms with E-state index in [0.717, 1.165) is 20.9 Å². The molecular formula is C25H25N3O4S. The molecule has 0 aliphatic carbocycles. The fourth-order valence-corrected chi connectivity index (χ4v) is 4.66. The van der Waals surface area contributed by atoms with Gasteiger partial charge in [-0.1, -0.05) is 48.0 Å². The maximum atomic E-state index is 13.2. The number of urea groups is 1. The molecule has 2 aromatic carbocycles. The van der Waals surface area contributed by atoms with Gasteiger partial charge < -0.3 is 15.4 Å². The molecule has 1 aliphatic heterocycles. The van der Waals surface area contributed by atoms with Crippen LogP contribution in [-0.2, 0) is 15.1 Å². The van der Waals surface area contributed by atoms with Crippen molar-refractivity contribution >= 4 is 29.2 Å². The molecule has 1 saturated heterocycles. The zero-order valence-electron chi connectivity index (χ0n) is 18.6. The molecule has 33 heavy (non-hydrogen) atoms. The lowest BCUT2D eigenvalue weighted by atomic mass is 9.92. The number of methoxy groups -OCH3 is 1. The third kappa shape index (κ3) is 4.47. The number of thiophene rings is 1. The van der Waals surface area contributed by atoms with E-state index in [1.165, 1.54) is 18.4 Å². The molecule has 7 nitrogen and oxygen atoms in total. The van der Waals surface area contributed by atoms with Gasteiger partial charge in [-0.25, -0.2) is 4.79 Å². The lowest BCUT2D eigenvalue weighted by molar-refractivity contribution is -0.135. The smallest absolute Gasteiger partial charge is 0.325 e. The number of hydrogen-bond donors (Lipinski definition) is 2. The van der Waals surface area contributed by atoms with Crippen molar-refractivity contribution in [3.63, 3.8) is 0 Å². The van der Waals surface area contributed by atoms with Crippen molar-refractivity contribution in [2.75, 3.05) is 13.7 Å². The first-order valence-electron chi connectivity index (χ1n) is 10.5. The minimum Gasteiger partial charge on any atom is -0.497 e. The van der Waals surface area contributed by atoms with Crippen molar-refractivity contribution in [1.82, 2.24) is 15.5 Å². The highest BCUT2D eigenvalue weighted by atomic mass is 32.1. The number of carbonyl (C=O) groups excluding carboxylic acids is 3. The maximum absolute atomic E-state index is 13.2. The Bertz CT molecular complexity index is 1180. The number of benzene rings is 2. The van der Waals surface area contributed by atoms with Gasteiger partial charge in [-0.2, -0.15) is 0 Å². The van der Waals surface area contributed by atoms with Crippen molar-refractivity contribution in [2.24, 2.45) is 0 Å². The molecule has 170 valence electrons. The molecule has 2 heterocycles. The van der Waals surface area contributed by atoms with Gasteiger partial charge >= 0.3 is 6.03 Å². The third-order valence-corrected chi connectivity index (χ3v) is 6.70. The zero-order chi connectivity index (χ0) is 23.6. The second-order valence-electron chi connectivity index (χ2n) is 8.11. The number of nitrogens with zero attached hydrogens (tertiary/aromatic N) is 1. The molecule has 4 rings (SSSR count). The van der Waals surface area contributed by atoms with Crippen molar-refractivity contribution in [1.29, 1.82) is 0 Å². The summed E-state index contributed by atoms with van der Waals surface area (Å²) in [4.78, 5) is 40.8. The minimum atomic E-state index is -1.28. The van der Waals surface area contributed by atoms with Gasteiger partial charge in [-0.3, -0.25) is 14.5 Å². The molecular weight excluding hydrogens is 438 g/mol. The molecule has 1 aromatic heterocycles. The standard InChI is InChI=1S/C25H25N3O4S/c1-16-9-11-17(12-10-16)22(20-8-5-13-33-20)26-21(29)15-28-23(30)25(2,27-24(28)31)18-6-4-7-19(14-18)32-3/h4-14,22H,15H2,1-3H3,(H,26,29)(H,27,31)/t22-,25+/m0/s1. The lowest BCUT2D eigenvalue weighted by Gasteiger charge is -2.23. The van der Waals surface area contributed by atoms with Crippen LogP contribution in [0.2, 0.25) is 0 Å². The molecule has 0 spiro atoms. The van der Waals surface area contributed by atoms with Crippen molar-refractivity contribution in [3.8, 4) is 5.75 Å². The molecule has 2 atom stereocenters. The van der Waals surface area contributed by atoms with Gasteiger partial charge in [-0.15, -0.1) is 11.3 Å². The van der Waals surface area contributed by atoms with Crippen LogP contribution in [0.5, 0.6) is 5.75 Å². The van der Waals surface area contributed by atoms with Gasteiger partial charge in [-0.05, 0) is 48.6 Å². The van der Waals surface area contributed by atoms with Gasteiger partial charge in [0.25, 0.3) is 5.91 Å². The molecule has 0 unspecified atom stereocenters. The number of carbonyl (C=O) groups is 3. The summed E-state index contributed by atoms with van der Waals surface area (Å²) in [6.45, 7) is 3.25. The Balaban J connectivity index is 1.53. The summed E-state index contributed by atoms with van der Waals surface area (Å²) >= 11 is 1.53. The first-order valence-corrected chi connectivity index (χ1v) is 11.4. The summed E-state index contributed by atoms with van der Waals surface area (Å²) in [5.74, 6) is -0.338. The van der Waals surface area contributed by atoms with E-state index in [-0.39, 0.29) is 12.6 Å². The van der Waals surface area contributed by atoms with E-state index < -0.39 is 23.4 Å². The predicted octanol–water partition coefficient (Wildman–Crippen LogP) is 3.74. The van der Waals surface area contributed by atoms with Crippen LogP contribution in [0.15, 0.2) is 66.0 Å². The highest BCUT2D eigenvalue weighted by molar-refractivity contribution is 7.10. The van der Waals surface area contributed by atoms with E-state index >= 15 is 0 Å². The number of amides is 4. The molecule has 0 radical (unpaired) electrons. The maximum Gasteiger partial charge on any atom is 0.325 e. The average molecular weight is 464 g/mol. The largest absolute Gasteiger partial charge is 0.497 e. The monoisotopic (exact) mass is 463 g/mol. The third-order valence-electron chi connectivity index (χ3n) is 5.77. The van der Waals surface area contributed by atoms with Crippen LogP contribution < -0.4 is 15.4 Å². The van der Waals surface area contributed by atoms with E-state index in [2.05, 4.69) is 10.6 Å².